The summed E-state index contributed by atoms with van der Waals surface area (Å²) in [5.41, 5.74) is 3.08. The van der Waals surface area contributed by atoms with Crippen molar-refractivity contribution in [2.24, 2.45) is 0 Å². The first-order chi connectivity index (χ1) is 15.5. The second-order valence-corrected chi connectivity index (χ2v) is 7.84. The maximum absolute atomic E-state index is 13.8. The Bertz CT molecular complexity index is 1110. The van der Waals surface area contributed by atoms with Crippen LogP contribution in [0.2, 0.25) is 0 Å². The molecule has 32 heavy (non-hydrogen) atoms. The van der Waals surface area contributed by atoms with Crippen molar-refractivity contribution in [3.05, 3.63) is 77.0 Å². The van der Waals surface area contributed by atoms with Crippen molar-refractivity contribution >= 4 is 17.5 Å². The Balaban J connectivity index is 1.49. The molecular formula is C23H22F3N5O. The molecule has 2 N–H and O–H groups in total. The number of benzene rings is 2. The second kappa shape index (κ2) is 8.40. The van der Waals surface area contributed by atoms with E-state index in [1.165, 1.54) is 10.6 Å². The highest BCUT2D eigenvalue weighted by Crippen LogP contribution is 2.41. The Kier molecular flexibility index (Phi) is 5.44. The minimum atomic E-state index is -4.61. The first kappa shape index (κ1) is 20.7. The highest BCUT2D eigenvalue weighted by molar-refractivity contribution is 5.59. The molecule has 2 aliphatic rings. The topological polar surface area (TPSA) is 62.3 Å². The molecule has 1 saturated heterocycles. The standard InChI is InChI=1S/C23H22F3N5O/c24-23(25,26)19-14-28-22(29-18-7-6-15-8-10-27-13-17(15)12-18)30-21(19)31-20(9-11-32-31)16-4-2-1-3-5-16/h1-7,12,14,20,27H,8-11,13H2,(H,28,29,30). The third-order valence-electron chi connectivity index (χ3n) is 5.72. The lowest BCUT2D eigenvalue weighted by atomic mass is 10.0. The second-order valence-electron chi connectivity index (χ2n) is 7.84. The van der Waals surface area contributed by atoms with Gasteiger partial charge in [-0.05, 0) is 41.8 Å². The maximum atomic E-state index is 13.8. The summed E-state index contributed by atoms with van der Waals surface area (Å²) in [6.07, 6.45) is -2.29. The van der Waals surface area contributed by atoms with Gasteiger partial charge in [0.1, 0.15) is 5.56 Å². The lowest BCUT2D eigenvalue weighted by Gasteiger charge is -2.26. The highest BCUT2D eigenvalue weighted by atomic mass is 19.4. The molecule has 1 fully saturated rings. The number of hydrogen-bond donors (Lipinski definition) is 2. The van der Waals surface area contributed by atoms with E-state index < -0.39 is 11.7 Å². The molecule has 6 nitrogen and oxygen atoms in total. The lowest BCUT2D eigenvalue weighted by molar-refractivity contribution is -0.138. The zero-order valence-corrected chi connectivity index (χ0v) is 17.2. The van der Waals surface area contributed by atoms with Crippen molar-refractivity contribution in [1.29, 1.82) is 0 Å². The van der Waals surface area contributed by atoms with Gasteiger partial charge in [0.2, 0.25) is 5.95 Å². The smallest absolute Gasteiger partial charge is 0.324 e. The summed E-state index contributed by atoms with van der Waals surface area (Å²) < 4.78 is 41.4. The average molecular weight is 441 g/mol. The van der Waals surface area contributed by atoms with Gasteiger partial charge in [-0.25, -0.2) is 10.0 Å². The third-order valence-corrected chi connectivity index (χ3v) is 5.72. The number of halogens is 3. The molecule has 0 bridgehead atoms. The number of nitrogens with zero attached hydrogens (tertiary/aromatic N) is 3. The Morgan fingerprint density at radius 1 is 1.09 bits per heavy atom. The number of hydroxylamine groups is 1. The van der Waals surface area contributed by atoms with Crippen LogP contribution in [0.4, 0.5) is 30.6 Å². The SMILES string of the molecule is FC(F)(F)c1cnc(Nc2ccc3c(c2)CNCC3)nc1N1OCCC1c1ccccc1. The van der Waals surface area contributed by atoms with E-state index >= 15 is 0 Å². The number of alkyl halides is 3. The van der Waals surface area contributed by atoms with Gasteiger partial charge in [-0.3, -0.25) is 4.84 Å². The van der Waals surface area contributed by atoms with Crippen LogP contribution >= 0.6 is 0 Å². The van der Waals surface area contributed by atoms with Crippen molar-refractivity contribution in [2.45, 2.75) is 31.6 Å². The number of fused-ring (bicyclic) bond motifs is 1. The van der Waals surface area contributed by atoms with Crippen LogP contribution in [0.3, 0.4) is 0 Å². The lowest BCUT2D eigenvalue weighted by Crippen LogP contribution is -2.26. The number of rotatable bonds is 4. The number of aromatic nitrogens is 2. The summed E-state index contributed by atoms with van der Waals surface area (Å²) in [5.74, 6) is -0.208. The van der Waals surface area contributed by atoms with E-state index in [4.69, 9.17) is 4.84 Å². The zero-order chi connectivity index (χ0) is 22.1. The van der Waals surface area contributed by atoms with Crippen LogP contribution in [0.1, 0.15) is 34.7 Å². The minimum Gasteiger partial charge on any atom is -0.324 e. The van der Waals surface area contributed by atoms with Crippen molar-refractivity contribution in [3.63, 3.8) is 0 Å². The van der Waals surface area contributed by atoms with E-state index in [1.54, 1.807) is 0 Å². The molecular weight excluding hydrogens is 419 g/mol. The molecule has 1 atom stereocenters. The van der Waals surface area contributed by atoms with Crippen LogP contribution in [0.15, 0.2) is 54.7 Å². The fraction of sp³-hybridized carbons (Fsp3) is 0.304. The molecule has 0 spiro atoms. The predicted octanol–water partition coefficient (Wildman–Crippen LogP) is 4.77. The van der Waals surface area contributed by atoms with E-state index in [9.17, 15) is 13.2 Å². The molecule has 3 aromatic rings. The summed E-state index contributed by atoms with van der Waals surface area (Å²) in [4.78, 5) is 13.8. The first-order valence-electron chi connectivity index (χ1n) is 10.5. The van der Waals surface area contributed by atoms with Gasteiger partial charge in [0.05, 0.1) is 12.6 Å². The maximum Gasteiger partial charge on any atom is 0.421 e. The van der Waals surface area contributed by atoms with Gasteiger partial charge >= 0.3 is 6.18 Å². The summed E-state index contributed by atoms with van der Waals surface area (Å²) in [6.45, 7) is 2.00. The first-order valence-corrected chi connectivity index (χ1v) is 10.5. The average Bonchev–Trinajstić information content (AvgIpc) is 3.29. The van der Waals surface area contributed by atoms with Gasteiger partial charge in [-0.15, -0.1) is 0 Å². The third kappa shape index (κ3) is 4.13. The molecule has 9 heteroatoms. The van der Waals surface area contributed by atoms with Crippen molar-refractivity contribution in [2.75, 3.05) is 23.5 Å². The monoisotopic (exact) mass is 441 g/mol. The van der Waals surface area contributed by atoms with E-state index in [0.717, 1.165) is 42.5 Å². The Hall–Kier alpha value is -3.17. The molecule has 2 aromatic carbocycles. The number of nitrogens with one attached hydrogen (secondary N) is 2. The number of hydrogen-bond acceptors (Lipinski definition) is 6. The van der Waals surface area contributed by atoms with Crippen LogP contribution in [-0.2, 0) is 24.0 Å². The Labute approximate surface area is 183 Å². The summed E-state index contributed by atoms with van der Waals surface area (Å²) in [5, 5.41) is 7.63. The largest absolute Gasteiger partial charge is 0.421 e. The van der Waals surface area contributed by atoms with Crippen molar-refractivity contribution in [3.8, 4) is 0 Å². The normalized spacial score (nSPS) is 18.5. The molecule has 1 unspecified atom stereocenters. The summed E-state index contributed by atoms with van der Waals surface area (Å²) in [6, 6.07) is 14.9. The van der Waals surface area contributed by atoms with Gasteiger partial charge in [0, 0.05) is 24.8 Å². The molecule has 3 heterocycles. The minimum absolute atomic E-state index is 0.0824. The molecule has 0 radical (unpaired) electrons. The van der Waals surface area contributed by atoms with Crippen LogP contribution in [0.25, 0.3) is 0 Å². The van der Waals surface area contributed by atoms with Crippen LogP contribution in [0, 0.1) is 0 Å². The van der Waals surface area contributed by atoms with Crippen LogP contribution in [-0.4, -0.2) is 23.1 Å². The summed E-state index contributed by atoms with van der Waals surface area (Å²) in [7, 11) is 0. The molecule has 1 aromatic heterocycles. The van der Waals surface area contributed by atoms with Gasteiger partial charge in [-0.1, -0.05) is 36.4 Å². The van der Waals surface area contributed by atoms with Gasteiger partial charge in [-0.2, -0.15) is 18.2 Å². The molecule has 0 aliphatic carbocycles. The van der Waals surface area contributed by atoms with E-state index in [0.29, 0.717) is 13.0 Å². The zero-order valence-electron chi connectivity index (χ0n) is 17.2. The van der Waals surface area contributed by atoms with E-state index in [-0.39, 0.29) is 17.8 Å². The van der Waals surface area contributed by atoms with Crippen LogP contribution < -0.4 is 15.7 Å². The van der Waals surface area contributed by atoms with E-state index in [1.807, 2.05) is 48.5 Å². The molecule has 0 saturated carbocycles. The fourth-order valence-corrected chi connectivity index (χ4v) is 4.14. The van der Waals surface area contributed by atoms with Gasteiger partial charge in [0.15, 0.2) is 5.82 Å². The summed E-state index contributed by atoms with van der Waals surface area (Å²) >= 11 is 0. The quantitative estimate of drug-likeness (QED) is 0.608. The van der Waals surface area contributed by atoms with Crippen LogP contribution in [0.5, 0.6) is 0 Å². The van der Waals surface area contributed by atoms with Crippen molar-refractivity contribution in [1.82, 2.24) is 15.3 Å². The van der Waals surface area contributed by atoms with Gasteiger partial charge < -0.3 is 10.6 Å². The number of anilines is 3. The highest BCUT2D eigenvalue weighted by Gasteiger charge is 2.40. The van der Waals surface area contributed by atoms with Crippen molar-refractivity contribution < 1.29 is 18.0 Å². The Morgan fingerprint density at radius 3 is 2.75 bits per heavy atom. The predicted molar refractivity (Wildman–Crippen MR) is 114 cm³/mol. The molecule has 0 amide bonds. The molecule has 166 valence electrons. The van der Waals surface area contributed by atoms with Gasteiger partial charge in [0.25, 0.3) is 0 Å². The van der Waals surface area contributed by atoms with E-state index in [2.05, 4.69) is 20.6 Å². The fourth-order valence-electron chi connectivity index (χ4n) is 4.14. The Morgan fingerprint density at radius 2 is 1.94 bits per heavy atom. The molecule has 5 rings (SSSR count). The molecule has 2 aliphatic heterocycles.